The molecule has 17 heavy (non-hydrogen) atoms. The molecule has 0 spiro atoms. The molecule has 1 amide bonds. The van der Waals surface area contributed by atoms with Gasteiger partial charge in [-0.15, -0.1) is 11.8 Å². The molecule has 0 aromatic heterocycles. The van der Waals surface area contributed by atoms with Gasteiger partial charge >= 0.3 is 0 Å². The monoisotopic (exact) mass is 255 g/mol. The van der Waals surface area contributed by atoms with E-state index in [1.807, 2.05) is 0 Å². The Morgan fingerprint density at radius 2 is 2.00 bits per heavy atom. The molecule has 1 aliphatic carbocycles. The van der Waals surface area contributed by atoms with Crippen LogP contribution in [0.2, 0.25) is 0 Å². The second-order valence-corrected chi connectivity index (χ2v) is 6.35. The van der Waals surface area contributed by atoms with Gasteiger partial charge in [0.1, 0.15) is 0 Å². The van der Waals surface area contributed by atoms with Gasteiger partial charge in [0, 0.05) is 36.8 Å². The zero-order valence-electron chi connectivity index (χ0n) is 10.2. The van der Waals surface area contributed by atoms with Crippen LogP contribution in [0.15, 0.2) is 0 Å². The van der Waals surface area contributed by atoms with Gasteiger partial charge in [-0.25, -0.2) is 0 Å². The minimum atomic E-state index is 0.0430. The Bertz CT molecular complexity index is 281. The van der Waals surface area contributed by atoms with Crippen molar-refractivity contribution in [2.24, 2.45) is 0 Å². The topological polar surface area (TPSA) is 44.4 Å². The smallest absolute Gasteiger partial charge is 0.238 e. The Labute approximate surface area is 107 Å². The molecular weight excluding hydrogens is 234 g/mol. The second kappa shape index (κ2) is 5.16. The molecule has 3 aliphatic rings. The fourth-order valence-electron chi connectivity index (χ4n) is 2.71. The number of thioether (sulfide) groups is 1. The number of rotatable bonds is 3. The highest BCUT2D eigenvalue weighted by Gasteiger charge is 2.33. The predicted molar refractivity (Wildman–Crippen MR) is 70.0 cm³/mol. The normalized spacial score (nSPS) is 31.6. The first kappa shape index (κ1) is 11.8. The highest BCUT2D eigenvalue weighted by Crippen LogP contribution is 2.29. The number of piperidine rings is 1. The van der Waals surface area contributed by atoms with Crippen molar-refractivity contribution >= 4 is 17.7 Å². The lowest BCUT2D eigenvalue weighted by atomic mass is 10.0. The number of carbonyl (C=O) groups is 1. The van der Waals surface area contributed by atoms with Crippen LogP contribution < -0.4 is 10.6 Å². The molecule has 4 nitrogen and oxygen atoms in total. The summed E-state index contributed by atoms with van der Waals surface area (Å²) >= 11 is 1.80. The number of hydrogen-bond acceptors (Lipinski definition) is 4. The predicted octanol–water partition coefficient (Wildman–Crippen LogP) is 0.392. The first-order valence-corrected chi connectivity index (χ1v) is 7.84. The molecule has 1 unspecified atom stereocenters. The van der Waals surface area contributed by atoms with Gasteiger partial charge in [-0.1, -0.05) is 0 Å². The molecule has 3 fully saturated rings. The molecule has 2 heterocycles. The van der Waals surface area contributed by atoms with Crippen molar-refractivity contribution in [1.29, 1.82) is 0 Å². The van der Waals surface area contributed by atoms with Crippen molar-refractivity contribution < 1.29 is 4.79 Å². The van der Waals surface area contributed by atoms with Gasteiger partial charge in [-0.2, -0.15) is 0 Å². The molecule has 1 saturated carbocycles. The summed E-state index contributed by atoms with van der Waals surface area (Å²) in [6.45, 7) is 2.34. The minimum absolute atomic E-state index is 0.0430. The van der Waals surface area contributed by atoms with E-state index in [2.05, 4.69) is 15.5 Å². The van der Waals surface area contributed by atoms with Crippen LogP contribution in [0.1, 0.15) is 25.7 Å². The third-order valence-corrected chi connectivity index (χ3v) is 4.91. The van der Waals surface area contributed by atoms with Crippen LogP contribution in [0.25, 0.3) is 0 Å². The largest absolute Gasteiger partial charge is 0.352 e. The summed E-state index contributed by atoms with van der Waals surface area (Å²) in [6.07, 6.45) is 5.03. The van der Waals surface area contributed by atoms with E-state index in [1.54, 1.807) is 11.8 Å². The van der Waals surface area contributed by atoms with Crippen LogP contribution in [0.3, 0.4) is 0 Å². The number of likely N-dealkylation sites (tertiary alicyclic amines) is 1. The van der Waals surface area contributed by atoms with E-state index in [0.717, 1.165) is 30.5 Å². The first-order chi connectivity index (χ1) is 8.33. The van der Waals surface area contributed by atoms with Gasteiger partial charge in [0.2, 0.25) is 5.91 Å². The van der Waals surface area contributed by atoms with E-state index >= 15 is 0 Å². The van der Waals surface area contributed by atoms with Gasteiger partial charge in [-0.05, 0) is 25.7 Å². The van der Waals surface area contributed by atoms with Crippen molar-refractivity contribution in [3.63, 3.8) is 0 Å². The molecular formula is C12H21N3OS. The van der Waals surface area contributed by atoms with E-state index in [0.29, 0.717) is 6.04 Å². The standard InChI is InChI=1S/C12H21N3OS/c16-12(11-7-17-8-13-11)14-9-3-5-15(6-4-9)10-1-2-10/h9-11,13H,1-8H2,(H,14,16). The van der Waals surface area contributed by atoms with Gasteiger partial charge < -0.3 is 10.2 Å². The maximum atomic E-state index is 11.9. The van der Waals surface area contributed by atoms with Gasteiger partial charge in [0.15, 0.2) is 0 Å². The fourth-order valence-corrected chi connectivity index (χ4v) is 3.66. The fraction of sp³-hybridized carbons (Fsp3) is 0.917. The first-order valence-electron chi connectivity index (χ1n) is 6.68. The minimum Gasteiger partial charge on any atom is -0.352 e. The lowest BCUT2D eigenvalue weighted by Gasteiger charge is -2.32. The summed E-state index contributed by atoms with van der Waals surface area (Å²) in [5.41, 5.74) is 0. The van der Waals surface area contributed by atoms with Crippen LogP contribution in [0.4, 0.5) is 0 Å². The van der Waals surface area contributed by atoms with Gasteiger partial charge in [-0.3, -0.25) is 10.1 Å². The summed E-state index contributed by atoms with van der Waals surface area (Å²) in [4.78, 5) is 14.5. The Hall–Kier alpha value is -0.260. The summed E-state index contributed by atoms with van der Waals surface area (Å²) in [7, 11) is 0. The average molecular weight is 255 g/mol. The molecule has 0 radical (unpaired) electrons. The molecule has 0 aromatic carbocycles. The summed E-state index contributed by atoms with van der Waals surface area (Å²) in [5.74, 6) is 2.05. The summed E-state index contributed by atoms with van der Waals surface area (Å²) < 4.78 is 0. The lowest BCUT2D eigenvalue weighted by Crippen LogP contribution is -2.50. The Kier molecular flexibility index (Phi) is 3.59. The average Bonchev–Trinajstić information content (AvgIpc) is 3.05. The lowest BCUT2D eigenvalue weighted by molar-refractivity contribution is -0.123. The summed E-state index contributed by atoms with van der Waals surface area (Å²) in [5, 5.41) is 6.42. The summed E-state index contributed by atoms with van der Waals surface area (Å²) in [6, 6.07) is 1.32. The molecule has 0 bridgehead atoms. The Morgan fingerprint density at radius 1 is 1.24 bits per heavy atom. The number of nitrogens with zero attached hydrogens (tertiary/aromatic N) is 1. The van der Waals surface area contributed by atoms with Gasteiger partial charge in [0.25, 0.3) is 0 Å². The van der Waals surface area contributed by atoms with Crippen molar-refractivity contribution in [2.45, 2.75) is 43.8 Å². The third kappa shape index (κ3) is 2.95. The quantitative estimate of drug-likeness (QED) is 0.766. The van der Waals surface area contributed by atoms with E-state index in [4.69, 9.17) is 0 Å². The Balaban J connectivity index is 1.41. The van der Waals surface area contributed by atoms with Crippen LogP contribution >= 0.6 is 11.8 Å². The number of hydrogen-bond donors (Lipinski definition) is 2. The molecule has 2 N–H and O–H groups in total. The highest BCUT2D eigenvalue weighted by molar-refractivity contribution is 7.99. The van der Waals surface area contributed by atoms with Crippen LogP contribution in [-0.2, 0) is 4.79 Å². The second-order valence-electron chi connectivity index (χ2n) is 5.32. The Morgan fingerprint density at radius 3 is 2.59 bits per heavy atom. The van der Waals surface area contributed by atoms with Crippen LogP contribution in [0, 0.1) is 0 Å². The third-order valence-electron chi connectivity index (χ3n) is 3.97. The zero-order chi connectivity index (χ0) is 11.7. The van der Waals surface area contributed by atoms with Crippen LogP contribution in [-0.4, -0.2) is 53.7 Å². The molecule has 0 aromatic rings. The van der Waals surface area contributed by atoms with Crippen molar-refractivity contribution in [2.75, 3.05) is 24.7 Å². The van der Waals surface area contributed by atoms with Crippen molar-refractivity contribution in [3.05, 3.63) is 0 Å². The van der Waals surface area contributed by atoms with Crippen LogP contribution in [0.5, 0.6) is 0 Å². The van der Waals surface area contributed by atoms with E-state index in [9.17, 15) is 4.79 Å². The molecule has 5 heteroatoms. The maximum absolute atomic E-state index is 11.9. The van der Waals surface area contributed by atoms with E-state index in [1.165, 1.54) is 25.9 Å². The molecule has 3 rings (SSSR count). The highest BCUT2D eigenvalue weighted by atomic mass is 32.2. The maximum Gasteiger partial charge on any atom is 0.238 e. The molecule has 2 saturated heterocycles. The van der Waals surface area contributed by atoms with Gasteiger partial charge in [0.05, 0.1) is 6.04 Å². The van der Waals surface area contributed by atoms with Crippen molar-refractivity contribution in [1.82, 2.24) is 15.5 Å². The molecule has 96 valence electrons. The molecule has 2 aliphatic heterocycles. The van der Waals surface area contributed by atoms with E-state index < -0.39 is 0 Å². The zero-order valence-corrected chi connectivity index (χ0v) is 11.0. The SMILES string of the molecule is O=C(NC1CCN(C2CC2)CC1)C1CSCN1. The number of amides is 1. The number of nitrogens with one attached hydrogen (secondary N) is 2. The van der Waals surface area contributed by atoms with E-state index in [-0.39, 0.29) is 11.9 Å². The van der Waals surface area contributed by atoms with Crippen molar-refractivity contribution in [3.8, 4) is 0 Å². The number of carbonyl (C=O) groups excluding carboxylic acids is 1. The molecule has 1 atom stereocenters.